The molecule has 0 saturated heterocycles. The molecule has 2 amide bonds. The molecule has 0 radical (unpaired) electrons. The molecular formula is C23H27N3O2S. The molecule has 0 fully saturated rings. The molecule has 152 valence electrons. The Balaban J connectivity index is 1.52. The zero-order valence-corrected chi connectivity index (χ0v) is 17.7. The lowest BCUT2D eigenvalue weighted by Gasteiger charge is -2.23. The van der Waals surface area contributed by atoms with Crippen molar-refractivity contribution in [3.05, 3.63) is 65.2 Å². The zero-order chi connectivity index (χ0) is 20.6. The standard InChI is InChI=1S/C23H27N3O2S/c1-3-16(2)21(26-22(27)17-10-5-4-6-11-17)23(28)24-15-9-14-20-25-18-12-7-8-13-19(18)29-20/h4-8,10-13,16,21H,3,9,14-15H2,1-2H3,(H,24,28)(H,26,27). The summed E-state index contributed by atoms with van der Waals surface area (Å²) in [5.41, 5.74) is 1.58. The van der Waals surface area contributed by atoms with E-state index in [2.05, 4.69) is 21.7 Å². The Bertz CT molecular complexity index is 922. The minimum atomic E-state index is -0.546. The van der Waals surface area contributed by atoms with Gasteiger partial charge in [0.25, 0.3) is 5.91 Å². The summed E-state index contributed by atoms with van der Waals surface area (Å²) in [4.78, 5) is 29.8. The highest BCUT2D eigenvalue weighted by Gasteiger charge is 2.26. The minimum absolute atomic E-state index is 0.0481. The number of rotatable bonds is 9. The van der Waals surface area contributed by atoms with Crippen molar-refractivity contribution in [3.8, 4) is 0 Å². The summed E-state index contributed by atoms with van der Waals surface area (Å²) in [6.45, 7) is 4.56. The van der Waals surface area contributed by atoms with E-state index in [9.17, 15) is 9.59 Å². The van der Waals surface area contributed by atoms with E-state index in [1.54, 1.807) is 23.5 Å². The monoisotopic (exact) mass is 409 g/mol. The van der Waals surface area contributed by atoms with E-state index in [0.29, 0.717) is 12.1 Å². The molecule has 0 bridgehead atoms. The Morgan fingerprint density at radius 2 is 1.79 bits per heavy atom. The van der Waals surface area contributed by atoms with Crippen molar-refractivity contribution in [2.75, 3.05) is 6.54 Å². The lowest BCUT2D eigenvalue weighted by atomic mass is 9.97. The van der Waals surface area contributed by atoms with E-state index in [-0.39, 0.29) is 17.7 Å². The Morgan fingerprint density at radius 1 is 1.07 bits per heavy atom. The summed E-state index contributed by atoms with van der Waals surface area (Å²) in [6, 6.07) is 16.5. The van der Waals surface area contributed by atoms with Crippen molar-refractivity contribution in [2.45, 2.75) is 39.2 Å². The third-order valence-corrected chi connectivity index (χ3v) is 6.12. The molecule has 5 nitrogen and oxygen atoms in total. The second-order valence-electron chi connectivity index (χ2n) is 7.17. The van der Waals surface area contributed by atoms with Crippen LogP contribution >= 0.6 is 11.3 Å². The van der Waals surface area contributed by atoms with Gasteiger partial charge in [-0.3, -0.25) is 9.59 Å². The molecule has 1 aromatic heterocycles. The number of hydrogen-bond donors (Lipinski definition) is 2. The molecule has 3 aromatic rings. The average Bonchev–Trinajstić information content (AvgIpc) is 3.17. The Kier molecular flexibility index (Phi) is 7.36. The molecule has 29 heavy (non-hydrogen) atoms. The van der Waals surface area contributed by atoms with Crippen LogP contribution in [-0.4, -0.2) is 29.4 Å². The van der Waals surface area contributed by atoms with Gasteiger partial charge >= 0.3 is 0 Å². The average molecular weight is 410 g/mol. The SMILES string of the molecule is CCC(C)C(NC(=O)c1ccccc1)C(=O)NCCCc1nc2ccccc2s1. The van der Waals surface area contributed by atoms with Crippen LogP contribution in [0, 0.1) is 5.92 Å². The molecule has 0 aliphatic carbocycles. The number of benzene rings is 2. The van der Waals surface area contributed by atoms with Gasteiger partial charge < -0.3 is 10.6 Å². The first-order valence-corrected chi connectivity index (χ1v) is 10.9. The summed E-state index contributed by atoms with van der Waals surface area (Å²) >= 11 is 1.70. The molecular weight excluding hydrogens is 382 g/mol. The van der Waals surface area contributed by atoms with Gasteiger partial charge in [0.2, 0.25) is 5.91 Å². The van der Waals surface area contributed by atoms with Crippen LogP contribution in [0.4, 0.5) is 0 Å². The molecule has 2 unspecified atom stereocenters. The summed E-state index contributed by atoms with van der Waals surface area (Å²) in [5.74, 6) is -0.305. The Labute approximate surface area is 175 Å². The van der Waals surface area contributed by atoms with E-state index in [1.165, 1.54) is 4.70 Å². The number of carbonyl (C=O) groups is 2. The van der Waals surface area contributed by atoms with Crippen LogP contribution in [0.5, 0.6) is 0 Å². The maximum Gasteiger partial charge on any atom is 0.251 e. The topological polar surface area (TPSA) is 71.1 Å². The highest BCUT2D eigenvalue weighted by Crippen LogP contribution is 2.22. The molecule has 2 atom stereocenters. The van der Waals surface area contributed by atoms with Crippen LogP contribution in [-0.2, 0) is 11.2 Å². The Morgan fingerprint density at radius 3 is 2.52 bits per heavy atom. The third kappa shape index (κ3) is 5.64. The molecule has 2 N–H and O–H groups in total. The maximum absolute atomic E-state index is 12.7. The van der Waals surface area contributed by atoms with E-state index in [0.717, 1.165) is 29.8 Å². The highest BCUT2D eigenvalue weighted by atomic mass is 32.1. The highest BCUT2D eigenvalue weighted by molar-refractivity contribution is 7.18. The normalized spacial score (nSPS) is 13.0. The number of fused-ring (bicyclic) bond motifs is 1. The number of carbonyl (C=O) groups excluding carboxylic acids is 2. The summed E-state index contributed by atoms with van der Waals surface area (Å²) in [5, 5.41) is 6.96. The summed E-state index contributed by atoms with van der Waals surface area (Å²) in [6.07, 6.45) is 2.44. The fourth-order valence-corrected chi connectivity index (χ4v) is 4.11. The molecule has 0 aliphatic heterocycles. The first kappa shape index (κ1) is 21.0. The summed E-state index contributed by atoms with van der Waals surface area (Å²) in [7, 11) is 0. The second kappa shape index (κ2) is 10.2. The number of thiazole rings is 1. The van der Waals surface area contributed by atoms with Crippen LogP contribution in [0.1, 0.15) is 42.1 Å². The largest absolute Gasteiger partial charge is 0.354 e. The molecule has 0 spiro atoms. The van der Waals surface area contributed by atoms with Gasteiger partial charge in [-0.1, -0.05) is 50.6 Å². The number of aromatic nitrogens is 1. The van der Waals surface area contributed by atoms with Crippen LogP contribution in [0.15, 0.2) is 54.6 Å². The molecule has 3 rings (SSSR count). The fourth-order valence-electron chi connectivity index (χ4n) is 3.10. The smallest absolute Gasteiger partial charge is 0.251 e. The lowest BCUT2D eigenvalue weighted by Crippen LogP contribution is -2.50. The summed E-state index contributed by atoms with van der Waals surface area (Å²) < 4.78 is 1.19. The van der Waals surface area contributed by atoms with Gasteiger partial charge in [0.05, 0.1) is 15.2 Å². The molecule has 0 aliphatic rings. The molecule has 0 saturated carbocycles. The van der Waals surface area contributed by atoms with Gasteiger partial charge in [-0.15, -0.1) is 11.3 Å². The van der Waals surface area contributed by atoms with Gasteiger partial charge in [0.1, 0.15) is 6.04 Å². The number of nitrogens with zero attached hydrogens (tertiary/aromatic N) is 1. The van der Waals surface area contributed by atoms with Gasteiger partial charge in [-0.25, -0.2) is 4.98 Å². The lowest BCUT2D eigenvalue weighted by molar-refractivity contribution is -0.124. The van der Waals surface area contributed by atoms with E-state index < -0.39 is 6.04 Å². The molecule has 2 aromatic carbocycles. The van der Waals surface area contributed by atoms with Crippen LogP contribution in [0.2, 0.25) is 0 Å². The van der Waals surface area contributed by atoms with Gasteiger partial charge in [0.15, 0.2) is 0 Å². The molecule has 1 heterocycles. The zero-order valence-electron chi connectivity index (χ0n) is 16.9. The van der Waals surface area contributed by atoms with Crippen molar-refractivity contribution in [1.82, 2.24) is 15.6 Å². The maximum atomic E-state index is 12.7. The van der Waals surface area contributed by atoms with Crippen LogP contribution < -0.4 is 10.6 Å². The third-order valence-electron chi connectivity index (χ3n) is 5.02. The van der Waals surface area contributed by atoms with Crippen molar-refractivity contribution >= 4 is 33.4 Å². The Hall–Kier alpha value is -2.73. The van der Waals surface area contributed by atoms with Crippen molar-refractivity contribution in [3.63, 3.8) is 0 Å². The first-order chi connectivity index (χ1) is 14.1. The van der Waals surface area contributed by atoms with Crippen LogP contribution in [0.25, 0.3) is 10.2 Å². The fraction of sp³-hybridized carbons (Fsp3) is 0.348. The van der Waals surface area contributed by atoms with Crippen molar-refractivity contribution in [2.24, 2.45) is 5.92 Å². The molecule has 6 heteroatoms. The predicted octanol–water partition coefficient (Wildman–Crippen LogP) is 4.19. The number of amides is 2. The van der Waals surface area contributed by atoms with Crippen molar-refractivity contribution in [1.29, 1.82) is 0 Å². The van der Waals surface area contributed by atoms with Crippen molar-refractivity contribution < 1.29 is 9.59 Å². The first-order valence-electron chi connectivity index (χ1n) is 10.1. The van der Waals surface area contributed by atoms with Gasteiger partial charge in [-0.2, -0.15) is 0 Å². The number of hydrogen-bond acceptors (Lipinski definition) is 4. The van der Waals surface area contributed by atoms with Crippen LogP contribution in [0.3, 0.4) is 0 Å². The van der Waals surface area contributed by atoms with Gasteiger partial charge in [0, 0.05) is 18.5 Å². The quantitative estimate of drug-likeness (QED) is 0.521. The number of para-hydroxylation sites is 1. The van der Waals surface area contributed by atoms with E-state index >= 15 is 0 Å². The predicted molar refractivity (Wildman–Crippen MR) is 118 cm³/mol. The van der Waals surface area contributed by atoms with Gasteiger partial charge in [-0.05, 0) is 36.6 Å². The van der Waals surface area contributed by atoms with E-state index in [4.69, 9.17) is 0 Å². The second-order valence-corrected chi connectivity index (χ2v) is 8.29. The van der Waals surface area contributed by atoms with E-state index in [1.807, 2.05) is 50.2 Å². The number of nitrogens with one attached hydrogen (secondary N) is 2. The minimum Gasteiger partial charge on any atom is -0.354 e. The number of aryl methyl sites for hydroxylation is 1.